The monoisotopic (exact) mass is 387 g/mol. The molecule has 0 aromatic carbocycles. The summed E-state index contributed by atoms with van der Waals surface area (Å²) >= 11 is 1.50. The largest absolute Gasteiger partial charge is 0.480 e. The number of carbonyl (C=O) groups excluding carboxylic acids is 1. The van der Waals surface area contributed by atoms with Crippen LogP contribution in [0.5, 0.6) is 0 Å². The van der Waals surface area contributed by atoms with Crippen molar-refractivity contribution in [3.63, 3.8) is 0 Å². The van der Waals surface area contributed by atoms with E-state index in [0.717, 1.165) is 12.8 Å². The highest BCUT2D eigenvalue weighted by atomic mass is 32.2. The first-order valence-corrected chi connectivity index (χ1v) is 11.8. The highest BCUT2D eigenvalue weighted by molar-refractivity contribution is 7.99. The second-order valence-corrected chi connectivity index (χ2v) is 8.42. The zero-order chi connectivity index (χ0) is 19.5. The molecule has 0 saturated heterocycles. The summed E-state index contributed by atoms with van der Waals surface area (Å²) in [5, 5.41) is 8.68. The van der Waals surface area contributed by atoms with Gasteiger partial charge in [-0.2, -0.15) is 11.8 Å². The Morgan fingerprint density at radius 2 is 1.31 bits per heavy atom. The maximum Gasteiger partial charge on any atom is 0.320 e. The summed E-state index contributed by atoms with van der Waals surface area (Å²) in [7, 11) is 0. The van der Waals surface area contributed by atoms with Crippen LogP contribution < -0.4 is 5.73 Å². The number of carboxylic acid groups (broad SMARTS) is 1. The zero-order valence-corrected chi connectivity index (χ0v) is 17.7. The lowest BCUT2D eigenvalue weighted by Crippen LogP contribution is -2.30. The van der Waals surface area contributed by atoms with Crippen LogP contribution in [-0.2, 0) is 9.59 Å². The van der Waals surface area contributed by atoms with Crippen molar-refractivity contribution in [3.8, 4) is 0 Å². The van der Waals surface area contributed by atoms with Crippen molar-refractivity contribution in [1.29, 1.82) is 0 Å². The van der Waals surface area contributed by atoms with E-state index in [0.29, 0.717) is 24.3 Å². The van der Waals surface area contributed by atoms with Gasteiger partial charge in [0.05, 0.1) is 5.75 Å². The fourth-order valence-corrected chi connectivity index (χ4v) is 3.87. The Bertz CT molecular complexity index is 350. The molecule has 4 nitrogen and oxygen atoms in total. The number of Topliss-reactive ketones (excluding diaryl/α,β-unsaturated/α-hetero) is 1. The number of nitrogens with two attached hydrogens (primary N) is 1. The average molecular weight is 388 g/mol. The molecule has 0 aliphatic rings. The minimum atomic E-state index is -0.969. The summed E-state index contributed by atoms with van der Waals surface area (Å²) in [6.07, 6.45) is 18.2. The second kappa shape index (κ2) is 19.2. The first-order valence-electron chi connectivity index (χ1n) is 10.7. The van der Waals surface area contributed by atoms with Gasteiger partial charge in [0.2, 0.25) is 0 Å². The Kier molecular flexibility index (Phi) is 18.8. The number of ketones is 1. The molecule has 154 valence electrons. The molecule has 0 fully saturated rings. The smallest absolute Gasteiger partial charge is 0.320 e. The minimum Gasteiger partial charge on any atom is -0.480 e. The van der Waals surface area contributed by atoms with Crippen molar-refractivity contribution in [2.75, 3.05) is 11.5 Å². The van der Waals surface area contributed by atoms with E-state index >= 15 is 0 Å². The topological polar surface area (TPSA) is 80.4 Å². The summed E-state index contributed by atoms with van der Waals surface area (Å²) in [4.78, 5) is 22.3. The van der Waals surface area contributed by atoms with Gasteiger partial charge in [-0.15, -0.1) is 0 Å². The Morgan fingerprint density at radius 3 is 1.77 bits per heavy atom. The second-order valence-electron chi connectivity index (χ2n) is 7.32. The number of thioether (sulfide) groups is 1. The molecule has 0 rings (SSSR count). The molecule has 0 aliphatic heterocycles. The molecule has 0 unspecified atom stereocenters. The molecule has 26 heavy (non-hydrogen) atoms. The first kappa shape index (κ1) is 25.4. The quantitative estimate of drug-likeness (QED) is 0.267. The normalized spacial score (nSPS) is 12.2. The van der Waals surface area contributed by atoms with Gasteiger partial charge >= 0.3 is 5.97 Å². The highest BCUT2D eigenvalue weighted by Crippen LogP contribution is 2.13. The molecule has 3 N–H and O–H groups in total. The lowest BCUT2D eigenvalue weighted by atomic mass is 10.0. The maximum absolute atomic E-state index is 11.8. The Labute approximate surface area is 165 Å². The van der Waals surface area contributed by atoms with E-state index in [4.69, 9.17) is 10.8 Å². The molecule has 0 radical (unpaired) electrons. The van der Waals surface area contributed by atoms with Crippen molar-refractivity contribution >= 4 is 23.5 Å². The lowest BCUT2D eigenvalue weighted by Gasteiger charge is -2.05. The molecular formula is C21H41NO3S. The SMILES string of the molecule is CCCCCCCCCCCCCCCC(=O)CSCC[C@H](N)C(=O)O. The van der Waals surface area contributed by atoms with E-state index in [1.54, 1.807) is 0 Å². The van der Waals surface area contributed by atoms with E-state index in [9.17, 15) is 9.59 Å². The summed E-state index contributed by atoms with van der Waals surface area (Å²) in [6.45, 7) is 2.26. The van der Waals surface area contributed by atoms with E-state index < -0.39 is 12.0 Å². The average Bonchev–Trinajstić information content (AvgIpc) is 2.62. The van der Waals surface area contributed by atoms with Gasteiger partial charge < -0.3 is 10.8 Å². The van der Waals surface area contributed by atoms with Crippen molar-refractivity contribution in [1.82, 2.24) is 0 Å². The predicted octanol–water partition coefficient (Wildman–Crippen LogP) is 5.57. The lowest BCUT2D eigenvalue weighted by molar-refractivity contribution is -0.138. The van der Waals surface area contributed by atoms with Crippen LogP contribution in [0.2, 0.25) is 0 Å². The molecule has 0 spiro atoms. The van der Waals surface area contributed by atoms with Crippen molar-refractivity contribution in [3.05, 3.63) is 0 Å². The van der Waals surface area contributed by atoms with E-state index in [2.05, 4.69) is 6.92 Å². The van der Waals surface area contributed by atoms with Crippen LogP contribution in [0.25, 0.3) is 0 Å². The standard InChI is InChI=1S/C21H41NO3S/c1-2-3-4-5-6-7-8-9-10-11-12-13-14-15-19(23)18-26-17-16-20(22)21(24)25/h20H,2-18,22H2,1H3,(H,24,25)/t20-/m0/s1. The van der Waals surface area contributed by atoms with Crippen LogP contribution in [0.3, 0.4) is 0 Å². The zero-order valence-electron chi connectivity index (χ0n) is 16.8. The minimum absolute atomic E-state index is 0.280. The highest BCUT2D eigenvalue weighted by Gasteiger charge is 2.11. The molecule has 1 atom stereocenters. The molecule has 5 heteroatoms. The fraction of sp³-hybridized carbons (Fsp3) is 0.905. The van der Waals surface area contributed by atoms with Crippen LogP contribution >= 0.6 is 11.8 Å². The first-order chi connectivity index (χ1) is 12.6. The third-order valence-electron chi connectivity index (χ3n) is 4.71. The number of carboxylic acids is 1. The van der Waals surface area contributed by atoms with Crippen LogP contribution in [0.4, 0.5) is 0 Å². The molecule has 0 amide bonds. The molecule has 0 aromatic rings. The van der Waals surface area contributed by atoms with Gasteiger partial charge in [-0.05, 0) is 18.6 Å². The van der Waals surface area contributed by atoms with Crippen molar-refractivity contribution in [2.24, 2.45) is 5.73 Å². The fourth-order valence-electron chi connectivity index (χ4n) is 2.93. The number of hydrogen-bond acceptors (Lipinski definition) is 4. The summed E-state index contributed by atoms with van der Waals surface area (Å²) in [5.41, 5.74) is 5.43. The summed E-state index contributed by atoms with van der Waals surface area (Å²) in [6, 6.07) is -0.807. The number of carbonyl (C=O) groups is 2. The van der Waals surface area contributed by atoms with Gasteiger partial charge in [0.15, 0.2) is 0 Å². The Hall–Kier alpha value is -0.550. The van der Waals surface area contributed by atoms with Crippen molar-refractivity contribution in [2.45, 2.75) is 109 Å². The molecule has 0 saturated carbocycles. The molecule has 0 bridgehead atoms. The molecular weight excluding hydrogens is 346 g/mol. The van der Waals surface area contributed by atoms with Crippen LogP contribution in [0, 0.1) is 0 Å². The Balaban J connectivity index is 3.22. The van der Waals surface area contributed by atoms with Crippen LogP contribution in [-0.4, -0.2) is 34.4 Å². The number of aliphatic carboxylic acids is 1. The van der Waals surface area contributed by atoms with E-state index in [1.807, 2.05) is 0 Å². The molecule has 0 aromatic heterocycles. The maximum atomic E-state index is 11.8. The van der Waals surface area contributed by atoms with Gasteiger partial charge in [0.1, 0.15) is 11.8 Å². The number of hydrogen-bond donors (Lipinski definition) is 2. The van der Waals surface area contributed by atoms with E-state index in [1.165, 1.54) is 82.4 Å². The van der Waals surface area contributed by atoms with E-state index in [-0.39, 0.29) is 5.78 Å². The van der Waals surface area contributed by atoms with Gasteiger partial charge in [-0.1, -0.05) is 84.0 Å². The van der Waals surface area contributed by atoms with Crippen LogP contribution in [0.1, 0.15) is 103 Å². The third kappa shape index (κ3) is 18.2. The summed E-state index contributed by atoms with van der Waals surface area (Å²) in [5.74, 6) is 0.438. The molecule has 0 aliphatic carbocycles. The number of rotatable bonds is 20. The van der Waals surface area contributed by atoms with Crippen LogP contribution in [0.15, 0.2) is 0 Å². The predicted molar refractivity (Wildman–Crippen MR) is 113 cm³/mol. The summed E-state index contributed by atoms with van der Waals surface area (Å²) < 4.78 is 0. The third-order valence-corrected chi connectivity index (χ3v) is 5.76. The van der Waals surface area contributed by atoms with Gasteiger partial charge in [0, 0.05) is 6.42 Å². The molecule has 0 heterocycles. The van der Waals surface area contributed by atoms with Gasteiger partial charge in [-0.25, -0.2) is 0 Å². The Morgan fingerprint density at radius 1 is 0.846 bits per heavy atom. The van der Waals surface area contributed by atoms with Crippen molar-refractivity contribution < 1.29 is 14.7 Å². The van der Waals surface area contributed by atoms with Gasteiger partial charge in [-0.3, -0.25) is 9.59 Å². The number of unbranched alkanes of at least 4 members (excludes halogenated alkanes) is 12. The van der Waals surface area contributed by atoms with Gasteiger partial charge in [0.25, 0.3) is 0 Å².